The van der Waals surface area contributed by atoms with Crippen LogP contribution in [0, 0.1) is 0 Å². The van der Waals surface area contributed by atoms with Crippen LogP contribution in [0.2, 0.25) is 0 Å². The Balaban J connectivity index is 2.42. The summed E-state index contributed by atoms with van der Waals surface area (Å²) in [6.07, 6.45) is 2.74. The van der Waals surface area contributed by atoms with Crippen molar-refractivity contribution >= 4 is 16.3 Å². The fourth-order valence-corrected chi connectivity index (χ4v) is 1.57. The zero-order valence-electron chi connectivity index (χ0n) is 5.90. The Hall–Kier alpha value is -0.940. The normalized spacial score (nSPS) is 11.0. The van der Waals surface area contributed by atoms with E-state index in [0.29, 0.717) is 6.54 Å². The number of aromatic nitrogens is 3. The summed E-state index contributed by atoms with van der Waals surface area (Å²) in [5, 5.41) is 4.05. The van der Waals surface area contributed by atoms with Crippen LogP contribution in [0.15, 0.2) is 11.7 Å². The van der Waals surface area contributed by atoms with Gasteiger partial charge in [0.1, 0.15) is 5.51 Å². The molecule has 0 unspecified atom stereocenters. The van der Waals surface area contributed by atoms with Gasteiger partial charge >= 0.3 is 0 Å². The smallest absolute Gasteiger partial charge is 0.212 e. The zero-order chi connectivity index (χ0) is 7.68. The van der Waals surface area contributed by atoms with E-state index in [1.165, 1.54) is 11.3 Å². The van der Waals surface area contributed by atoms with Crippen molar-refractivity contribution in [2.75, 3.05) is 6.54 Å². The number of nitrogens with two attached hydrogens (primary N) is 1. The van der Waals surface area contributed by atoms with Crippen molar-refractivity contribution in [3.63, 3.8) is 0 Å². The third kappa shape index (κ3) is 1.12. The summed E-state index contributed by atoms with van der Waals surface area (Å²) in [5.74, 6) is 0. The number of rotatable bonds is 2. The van der Waals surface area contributed by atoms with Crippen LogP contribution >= 0.6 is 11.3 Å². The van der Waals surface area contributed by atoms with Gasteiger partial charge in [0.2, 0.25) is 4.96 Å². The molecule has 0 atom stereocenters. The van der Waals surface area contributed by atoms with Gasteiger partial charge in [-0.2, -0.15) is 5.10 Å². The van der Waals surface area contributed by atoms with Crippen LogP contribution in [-0.2, 0) is 6.42 Å². The van der Waals surface area contributed by atoms with Crippen molar-refractivity contribution in [2.45, 2.75) is 6.42 Å². The molecule has 0 aliphatic carbocycles. The Labute approximate surface area is 67.7 Å². The van der Waals surface area contributed by atoms with Gasteiger partial charge in [-0.1, -0.05) is 11.3 Å². The van der Waals surface area contributed by atoms with Gasteiger partial charge in [-0.25, -0.2) is 9.50 Å². The molecule has 0 amide bonds. The van der Waals surface area contributed by atoms with Crippen LogP contribution in [-0.4, -0.2) is 21.1 Å². The molecule has 2 aromatic heterocycles. The molecule has 0 aromatic carbocycles. The summed E-state index contributed by atoms with van der Waals surface area (Å²) < 4.78 is 1.77. The first-order valence-corrected chi connectivity index (χ1v) is 4.26. The van der Waals surface area contributed by atoms with E-state index in [1.54, 1.807) is 10.0 Å². The van der Waals surface area contributed by atoms with Crippen molar-refractivity contribution in [1.29, 1.82) is 0 Å². The molecular formula is C6H8N4S. The minimum absolute atomic E-state index is 0.644. The van der Waals surface area contributed by atoms with Crippen LogP contribution in [0.1, 0.15) is 5.69 Å². The molecular weight excluding hydrogens is 160 g/mol. The molecule has 5 heteroatoms. The van der Waals surface area contributed by atoms with Crippen LogP contribution in [0.3, 0.4) is 0 Å². The first kappa shape index (κ1) is 6.75. The van der Waals surface area contributed by atoms with Crippen LogP contribution < -0.4 is 5.73 Å². The first-order chi connectivity index (χ1) is 5.40. The van der Waals surface area contributed by atoms with E-state index in [2.05, 4.69) is 10.1 Å². The predicted molar refractivity (Wildman–Crippen MR) is 43.6 cm³/mol. The standard InChI is InChI=1S/C6H8N4S/c7-2-1-5-3-10-6(9-5)11-4-8-10/h3-4H,1-2,7H2. The van der Waals surface area contributed by atoms with Crippen molar-refractivity contribution in [3.05, 3.63) is 17.4 Å². The molecule has 2 rings (SSSR count). The lowest BCUT2D eigenvalue weighted by Gasteiger charge is -1.85. The van der Waals surface area contributed by atoms with Crippen molar-refractivity contribution in [2.24, 2.45) is 5.73 Å². The second-order valence-corrected chi connectivity index (χ2v) is 3.05. The van der Waals surface area contributed by atoms with Gasteiger partial charge in [0.05, 0.1) is 11.9 Å². The Morgan fingerprint density at radius 3 is 3.27 bits per heavy atom. The zero-order valence-corrected chi connectivity index (χ0v) is 6.71. The van der Waals surface area contributed by atoms with E-state index in [4.69, 9.17) is 5.73 Å². The van der Waals surface area contributed by atoms with E-state index in [1.807, 2.05) is 6.20 Å². The van der Waals surface area contributed by atoms with E-state index in [-0.39, 0.29) is 0 Å². The lowest BCUT2D eigenvalue weighted by molar-refractivity contribution is 0.923. The topological polar surface area (TPSA) is 56.2 Å². The lowest BCUT2D eigenvalue weighted by Crippen LogP contribution is -2.02. The molecule has 0 radical (unpaired) electrons. The highest BCUT2D eigenvalue weighted by Crippen LogP contribution is 2.08. The molecule has 0 saturated heterocycles. The molecule has 0 aliphatic heterocycles. The fourth-order valence-electron chi connectivity index (χ4n) is 0.952. The summed E-state index contributed by atoms with van der Waals surface area (Å²) in [6.45, 7) is 0.644. The van der Waals surface area contributed by atoms with E-state index in [9.17, 15) is 0 Å². The van der Waals surface area contributed by atoms with Crippen LogP contribution in [0.4, 0.5) is 0 Å². The Bertz CT molecular complexity index is 321. The third-order valence-corrected chi connectivity index (χ3v) is 2.13. The number of hydrogen-bond acceptors (Lipinski definition) is 4. The molecule has 4 nitrogen and oxygen atoms in total. The number of hydrogen-bond donors (Lipinski definition) is 1. The minimum Gasteiger partial charge on any atom is -0.330 e. The first-order valence-electron chi connectivity index (χ1n) is 3.38. The number of fused-ring (bicyclic) bond motifs is 1. The van der Waals surface area contributed by atoms with Crippen LogP contribution in [0.5, 0.6) is 0 Å². The van der Waals surface area contributed by atoms with Crippen molar-refractivity contribution in [3.8, 4) is 0 Å². The third-order valence-electron chi connectivity index (χ3n) is 1.44. The maximum atomic E-state index is 5.38. The molecule has 58 valence electrons. The van der Waals surface area contributed by atoms with Gasteiger partial charge < -0.3 is 5.73 Å². The summed E-state index contributed by atoms with van der Waals surface area (Å²) in [6, 6.07) is 0. The highest BCUT2D eigenvalue weighted by Gasteiger charge is 2.00. The van der Waals surface area contributed by atoms with Gasteiger partial charge in [-0.15, -0.1) is 0 Å². The molecule has 0 saturated carbocycles. The predicted octanol–water partition coefficient (Wildman–Crippen LogP) is 0.292. The van der Waals surface area contributed by atoms with Gasteiger partial charge in [0.25, 0.3) is 0 Å². The molecule has 0 spiro atoms. The minimum atomic E-state index is 0.644. The summed E-state index contributed by atoms with van der Waals surface area (Å²) in [4.78, 5) is 5.24. The van der Waals surface area contributed by atoms with Crippen molar-refractivity contribution < 1.29 is 0 Å². The molecule has 0 bridgehead atoms. The lowest BCUT2D eigenvalue weighted by atomic mass is 10.3. The summed E-state index contributed by atoms with van der Waals surface area (Å²) >= 11 is 1.53. The second kappa shape index (κ2) is 2.60. The van der Waals surface area contributed by atoms with E-state index in [0.717, 1.165) is 17.1 Å². The molecule has 2 N–H and O–H groups in total. The van der Waals surface area contributed by atoms with E-state index < -0.39 is 0 Å². The molecule has 2 heterocycles. The molecule has 0 fully saturated rings. The monoisotopic (exact) mass is 168 g/mol. The average molecular weight is 168 g/mol. The Morgan fingerprint density at radius 2 is 2.55 bits per heavy atom. The number of imidazole rings is 1. The summed E-state index contributed by atoms with van der Waals surface area (Å²) in [5.41, 5.74) is 8.18. The largest absolute Gasteiger partial charge is 0.330 e. The maximum absolute atomic E-state index is 5.38. The van der Waals surface area contributed by atoms with E-state index >= 15 is 0 Å². The number of nitrogens with zero attached hydrogens (tertiary/aromatic N) is 3. The van der Waals surface area contributed by atoms with Gasteiger partial charge in [0, 0.05) is 6.42 Å². The van der Waals surface area contributed by atoms with Gasteiger partial charge in [-0.05, 0) is 6.54 Å². The van der Waals surface area contributed by atoms with Gasteiger partial charge in [-0.3, -0.25) is 0 Å². The SMILES string of the molecule is NCCc1cn2ncsc2n1. The fraction of sp³-hybridized carbons (Fsp3) is 0.333. The molecule has 2 aromatic rings. The van der Waals surface area contributed by atoms with Crippen molar-refractivity contribution in [1.82, 2.24) is 14.6 Å². The highest BCUT2D eigenvalue weighted by molar-refractivity contribution is 7.14. The molecule has 11 heavy (non-hydrogen) atoms. The average Bonchev–Trinajstić information content (AvgIpc) is 2.46. The summed E-state index contributed by atoms with van der Waals surface area (Å²) in [7, 11) is 0. The van der Waals surface area contributed by atoms with Crippen LogP contribution in [0.25, 0.3) is 4.96 Å². The van der Waals surface area contributed by atoms with Gasteiger partial charge in [0.15, 0.2) is 0 Å². The quantitative estimate of drug-likeness (QED) is 0.701. The maximum Gasteiger partial charge on any atom is 0.212 e. The Morgan fingerprint density at radius 1 is 1.64 bits per heavy atom. The highest BCUT2D eigenvalue weighted by atomic mass is 32.1. The second-order valence-electron chi connectivity index (χ2n) is 2.24. The molecule has 0 aliphatic rings. The Kier molecular flexibility index (Phi) is 1.59.